The third-order valence-electron chi connectivity index (χ3n) is 3.73. The molecule has 0 saturated heterocycles. The van der Waals surface area contributed by atoms with E-state index in [2.05, 4.69) is 27.9 Å². The molecule has 2 nitrogen and oxygen atoms in total. The van der Waals surface area contributed by atoms with E-state index in [-0.39, 0.29) is 20.8 Å². The van der Waals surface area contributed by atoms with Crippen molar-refractivity contribution < 1.29 is 4.79 Å². The summed E-state index contributed by atoms with van der Waals surface area (Å²) in [5.74, 6) is 1.41. The summed E-state index contributed by atoms with van der Waals surface area (Å²) in [6.45, 7) is 0.695. The van der Waals surface area contributed by atoms with Crippen LogP contribution in [0.15, 0.2) is 18.2 Å². The van der Waals surface area contributed by atoms with Gasteiger partial charge < -0.3 is 5.32 Å². The molecule has 1 aromatic carbocycles. The van der Waals surface area contributed by atoms with Crippen LogP contribution in [0.1, 0.15) is 55.3 Å². The van der Waals surface area contributed by atoms with Crippen molar-refractivity contribution in [1.29, 1.82) is 0 Å². The number of nitrogens with one attached hydrogen (secondary N) is 1. The Morgan fingerprint density at radius 1 is 1.09 bits per heavy atom. The third kappa shape index (κ3) is 6.86. The van der Waals surface area contributed by atoms with Crippen LogP contribution in [0.25, 0.3) is 0 Å². The summed E-state index contributed by atoms with van der Waals surface area (Å²) >= 11 is 8.28. The third-order valence-corrected chi connectivity index (χ3v) is 4.73. The molecule has 121 valence electrons. The lowest BCUT2D eigenvalue weighted by Gasteiger charge is -2.19. The zero-order valence-electron chi connectivity index (χ0n) is 13.0. The summed E-state index contributed by atoms with van der Waals surface area (Å²) in [4.78, 5) is 12.2. The Bertz CT molecular complexity index is 456. The molecule has 1 aliphatic rings. The lowest BCUT2D eigenvalue weighted by Crippen LogP contribution is -2.29. The molecule has 0 bridgehead atoms. The van der Waals surface area contributed by atoms with E-state index in [1.807, 2.05) is 12.1 Å². The number of hydrogen-bond acceptors (Lipinski definition) is 1. The largest absolute Gasteiger partial charge is 0.351 e. The molecule has 22 heavy (non-hydrogen) atoms. The van der Waals surface area contributed by atoms with Crippen LogP contribution in [0.4, 0.5) is 0 Å². The maximum atomic E-state index is 12.2. The van der Waals surface area contributed by atoms with Gasteiger partial charge in [0.05, 0.1) is 10.6 Å². The van der Waals surface area contributed by atoms with Crippen LogP contribution in [0.3, 0.4) is 0 Å². The number of hydrogen-bond donors (Lipinski definition) is 1. The summed E-state index contributed by atoms with van der Waals surface area (Å²) in [5.41, 5.74) is 0.574. The van der Waals surface area contributed by atoms with Crippen LogP contribution in [-0.4, -0.2) is 12.5 Å². The van der Waals surface area contributed by atoms with E-state index in [0.717, 1.165) is 16.4 Å². The monoisotopic (exact) mass is 432 g/mol. The van der Waals surface area contributed by atoms with Crippen molar-refractivity contribution >= 4 is 40.1 Å². The summed E-state index contributed by atoms with van der Waals surface area (Å²) < 4.78 is 1.02. The smallest absolute Gasteiger partial charge is 0.252 e. The molecule has 0 aromatic heterocycles. The molecule has 1 aromatic rings. The fourth-order valence-electron chi connectivity index (χ4n) is 2.55. The second kappa shape index (κ2) is 11.3. The first-order chi connectivity index (χ1) is 9.66. The first kappa shape index (κ1) is 21.7. The standard InChI is InChI=1S/C16H20ClINO.2CH2/c17-15-9-8-13(18)10-14(15)16(20)19-11-12-6-4-2-1-3-5-7-12;;/h8-10H,1-7,11H2,(H,19,20);2*1H2. The number of halogens is 2. The second-order valence-electron chi connectivity index (χ2n) is 5.32. The molecule has 0 spiro atoms. The number of carbonyl (C=O) groups excluding carboxylic acids is 1. The minimum Gasteiger partial charge on any atom is -0.351 e. The van der Waals surface area contributed by atoms with Crippen molar-refractivity contribution in [3.63, 3.8) is 0 Å². The molecule has 1 saturated carbocycles. The van der Waals surface area contributed by atoms with Gasteiger partial charge in [-0.2, -0.15) is 0 Å². The number of carbonyl (C=O) groups is 1. The first-order valence-electron chi connectivity index (χ1n) is 7.23. The van der Waals surface area contributed by atoms with Crippen molar-refractivity contribution in [2.24, 2.45) is 0 Å². The van der Waals surface area contributed by atoms with E-state index < -0.39 is 0 Å². The van der Waals surface area contributed by atoms with Crippen LogP contribution in [0, 0.1) is 24.3 Å². The Labute approximate surface area is 154 Å². The Morgan fingerprint density at radius 2 is 1.68 bits per heavy atom. The molecule has 5 radical (unpaired) electrons. The van der Waals surface area contributed by atoms with E-state index in [1.165, 1.54) is 38.0 Å². The minimum atomic E-state index is -0.0666. The Hall–Kier alpha value is -0.290. The summed E-state index contributed by atoms with van der Waals surface area (Å²) in [7, 11) is 0. The van der Waals surface area contributed by atoms with Gasteiger partial charge in [0.25, 0.3) is 5.91 Å². The van der Waals surface area contributed by atoms with Gasteiger partial charge in [-0.3, -0.25) is 4.79 Å². The van der Waals surface area contributed by atoms with Gasteiger partial charge in [-0.25, -0.2) is 0 Å². The van der Waals surface area contributed by atoms with E-state index >= 15 is 0 Å². The quantitative estimate of drug-likeness (QED) is 0.615. The number of amides is 1. The molecule has 0 unspecified atom stereocenters. The molecule has 1 N–H and O–H groups in total. The SMILES string of the molecule is O=C(NC[C]1CCCCCCC1)c1cc(I)ccc1Cl.[CH2].[CH2]. The fraction of sp³-hybridized carbons (Fsp3) is 0.444. The molecule has 1 fully saturated rings. The summed E-state index contributed by atoms with van der Waals surface area (Å²) in [6, 6.07) is 5.52. The van der Waals surface area contributed by atoms with Crippen LogP contribution in [0.5, 0.6) is 0 Å². The molecular weight excluding hydrogens is 409 g/mol. The zero-order valence-corrected chi connectivity index (χ0v) is 15.9. The highest BCUT2D eigenvalue weighted by molar-refractivity contribution is 14.1. The summed E-state index contributed by atoms with van der Waals surface area (Å²) in [6.07, 6.45) is 8.82. The van der Waals surface area contributed by atoms with Crippen molar-refractivity contribution in [1.82, 2.24) is 5.32 Å². The predicted octanol–water partition coefficient (Wildman–Crippen LogP) is 5.65. The van der Waals surface area contributed by atoms with Gasteiger partial charge in [-0.05, 0) is 59.5 Å². The predicted molar refractivity (Wildman–Crippen MR) is 103 cm³/mol. The Morgan fingerprint density at radius 3 is 2.32 bits per heavy atom. The molecule has 0 atom stereocenters. The molecular formula is C18H24ClINO. The fourth-order valence-corrected chi connectivity index (χ4v) is 3.25. The molecule has 1 amide bonds. The highest BCUT2D eigenvalue weighted by atomic mass is 127. The normalized spacial score (nSPS) is 15.7. The molecule has 0 heterocycles. The van der Waals surface area contributed by atoms with Gasteiger partial charge in [-0.1, -0.05) is 58.6 Å². The number of rotatable bonds is 3. The maximum Gasteiger partial charge on any atom is 0.252 e. The lowest BCUT2D eigenvalue weighted by atomic mass is 9.91. The first-order valence-corrected chi connectivity index (χ1v) is 8.69. The highest BCUT2D eigenvalue weighted by Gasteiger charge is 2.15. The number of benzene rings is 1. The van der Waals surface area contributed by atoms with E-state index in [0.29, 0.717) is 17.1 Å². The maximum absolute atomic E-state index is 12.2. The molecule has 1 aliphatic carbocycles. The Balaban J connectivity index is 0.00000220. The topological polar surface area (TPSA) is 29.1 Å². The van der Waals surface area contributed by atoms with Gasteiger partial charge in [0, 0.05) is 10.1 Å². The highest BCUT2D eigenvalue weighted by Crippen LogP contribution is 2.24. The molecule has 0 aliphatic heterocycles. The second-order valence-corrected chi connectivity index (χ2v) is 6.98. The van der Waals surface area contributed by atoms with Crippen LogP contribution >= 0.6 is 34.2 Å². The lowest BCUT2D eigenvalue weighted by molar-refractivity contribution is 0.0954. The average molecular weight is 433 g/mol. The van der Waals surface area contributed by atoms with Gasteiger partial charge >= 0.3 is 0 Å². The van der Waals surface area contributed by atoms with E-state index in [4.69, 9.17) is 11.6 Å². The van der Waals surface area contributed by atoms with Gasteiger partial charge in [-0.15, -0.1) is 0 Å². The van der Waals surface area contributed by atoms with Crippen LogP contribution < -0.4 is 5.32 Å². The van der Waals surface area contributed by atoms with E-state index in [1.54, 1.807) is 6.07 Å². The molecule has 2 rings (SSSR count). The van der Waals surface area contributed by atoms with Gasteiger partial charge in [0.15, 0.2) is 0 Å². The van der Waals surface area contributed by atoms with Crippen LogP contribution in [0.2, 0.25) is 5.02 Å². The average Bonchev–Trinajstić information content (AvgIpc) is 2.40. The van der Waals surface area contributed by atoms with Crippen molar-refractivity contribution in [3.05, 3.63) is 53.1 Å². The zero-order chi connectivity index (χ0) is 14.4. The minimum absolute atomic E-state index is 0. The van der Waals surface area contributed by atoms with Crippen LogP contribution in [-0.2, 0) is 0 Å². The van der Waals surface area contributed by atoms with Gasteiger partial charge in [0.1, 0.15) is 0 Å². The van der Waals surface area contributed by atoms with E-state index in [9.17, 15) is 4.79 Å². The van der Waals surface area contributed by atoms with Gasteiger partial charge in [0.2, 0.25) is 0 Å². The van der Waals surface area contributed by atoms with Crippen molar-refractivity contribution in [3.8, 4) is 0 Å². The van der Waals surface area contributed by atoms with Crippen molar-refractivity contribution in [2.75, 3.05) is 6.54 Å². The molecule has 4 heteroatoms. The Kier molecular flexibility index (Phi) is 11.1. The van der Waals surface area contributed by atoms with Crippen molar-refractivity contribution in [2.45, 2.75) is 44.9 Å². The summed E-state index contributed by atoms with van der Waals surface area (Å²) in [5, 5.41) is 3.54.